The number of aromatic nitrogens is 2. The maximum atomic E-state index is 4.33. The van der Waals surface area contributed by atoms with Crippen LogP contribution in [0.1, 0.15) is 46.4 Å². The molecule has 120 valence electrons. The second-order valence-electron chi connectivity index (χ2n) is 6.82. The number of hydrogen-bond donors (Lipinski definition) is 1. The molecule has 0 amide bonds. The predicted molar refractivity (Wildman–Crippen MR) is 88.5 cm³/mol. The quantitative estimate of drug-likeness (QED) is 0.875. The van der Waals surface area contributed by atoms with E-state index in [1.807, 2.05) is 6.20 Å². The Morgan fingerprint density at radius 2 is 2.05 bits per heavy atom. The predicted octanol–water partition coefficient (Wildman–Crippen LogP) is 2.68. The van der Waals surface area contributed by atoms with Gasteiger partial charge in [0.15, 0.2) is 0 Å². The van der Waals surface area contributed by atoms with Crippen molar-refractivity contribution in [1.29, 1.82) is 0 Å². The average molecular weight is 292 g/mol. The molecule has 1 fully saturated rings. The van der Waals surface area contributed by atoms with E-state index in [-0.39, 0.29) is 0 Å². The zero-order valence-corrected chi connectivity index (χ0v) is 14.4. The summed E-state index contributed by atoms with van der Waals surface area (Å²) in [5.74, 6) is 1.80. The molecule has 1 N–H and O–H groups in total. The first-order valence-corrected chi connectivity index (χ1v) is 8.48. The van der Waals surface area contributed by atoms with Crippen LogP contribution in [-0.4, -0.2) is 45.7 Å². The normalized spacial score (nSPS) is 22.9. The van der Waals surface area contributed by atoms with Crippen molar-refractivity contribution in [1.82, 2.24) is 19.8 Å². The molecule has 1 unspecified atom stereocenters. The molecule has 2 heterocycles. The van der Waals surface area contributed by atoms with Crippen LogP contribution in [0.25, 0.3) is 0 Å². The standard InChI is InChI=1S/C17H32N4/c1-6-17(7-2)13-21(16(12-19-17)14(3)4)11-10-20-9-8-18-15(20)5/h8-9,14,16,19H,6-7,10-13H2,1-5H3. The second-order valence-corrected chi connectivity index (χ2v) is 6.82. The summed E-state index contributed by atoms with van der Waals surface area (Å²) in [6.45, 7) is 15.8. The van der Waals surface area contributed by atoms with Crippen LogP contribution in [0, 0.1) is 12.8 Å². The van der Waals surface area contributed by atoms with Gasteiger partial charge in [0.05, 0.1) is 0 Å². The summed E-state index contributed by atoms with van der Waals surface area (Å²) in [5, 5.41) is 3.84. The molecule has 0 spiro atoms. The first-order valence-electron chi connectivity index (χ1n) is 8.48. The molecule has 4 heteroatoms. The van der Waals surface area contributed by atoms with Crippen molar-refractivity contribution in [3.8, 4) is 0 Å². The van der Waals surface area contributed by atoms with Gasteiger partial charge in [0.25, 0.3) is 0 Å². The van der Waals surface area contributed by atoms with E-state index in [9.17, 15) is 0 Å². The van der Waals surface area contributed by atoms with Gasteiger partial charge in [0, 0.05) is 50.2 Å². The van der Waals surface area contributed by atoms with Gasteiger partial charge in [0.2, 0.25) is 0 Å². The molecule has 1 atom stereocenters. The topological polar surface area (TPSA) is 33.1 Å². The third-order valence-electron chi connectivity index (χ3n) is 5.34. The lowest BCUT2D eigenvalue weighted by Gasteiger charge is -2.49. The Balaban J connectivity index is 2.05. The van der Waals surface area contributed by atoms with Crippen molar-refractivity contribution >= 4 is 0 Å². The highest BCUT2D eigenvalue weighted by molar-refractivity contribution is 4.98. The fourth-order valence-electron chi connectivity index (χ4n) is 3.51. The maximum absolute atomic E-state index is 4.33. The van der Waals surface area contributed by atoms with E-state index in [1.165, 1.54) is 12.8 Å². The summed E-state index contributed by atoms with van der Waals surface area (Å²) < 4.78 is 2.26. The number of nitrogens with zero attached hydrogens (tertiary/aromatic N) is 3. The van der Waals surface area contributed by atoms with E-state index in [0.29, 0.717) is 17.5 Å². The zero-order valence-electron chi connectivity index (χ0n) is 14.4. The molecule has 0 saturated carbocycles. The van der Waals surface area contributed by atoms with Gasteiger partial charge in [-0.15, -0.1) is 0 Å². The fraction of sp³-hybridized carbons (Fsp3) is 0.824. The fourth-order valence-corrected chi connectivity index (χ4v) is 3.51. The van der Waals surface area contributed by atoms with Crippen LogP contribution < -0.4 is 5.32 Å². The lowest BCUT2D eigenvalue weighted by Crippen LogP contribution is -2.65. The summed E-state index contributed by atoms with van der Waals surface area (Å²) >= 11 is 0. The molecule has 21 heavy (non-hydrogen) atoms. The molecule has 1 aliphatic rings. The first-order chi connectivity index (χ1) is 10.0. The smallest absolute Gasteiger partial charge is 0.105 e. The molecule has 2 rings (SSSR count). The number of imidazole rings is 1. The molecule has 1 aliphatic heterocycles. The summed E-state index contributed by atoms with van der Waals surface area (Å²) in [6.07, 6.45) is 6.40. The van der Waals surface area contributed by atoms with Crippen molar-refractivity contribution in [2.75, 3.05) is 19.6 Å². The minimum atomic E-state index is 0.301. The van der Waals surface area contributed by atoms with Crippen LogP contribution in [0.15, 0.2) is 12.4 Å². The number of aryl methyl sites for hydroxylation is 1. The maximum Gasteiger partial charge on any atom is 0.105 e. The van der Waals surface area contributed by atoms with Crippen molar-refractivity contribution in [3.05, 3.63) is 18.2 Å². The van der Waals surface area contributed by atoms with Gasteiger partial charge < -0.3 is 9.88 Å². The lowest BCUT2D eigenvalue weighted by molar-refractivity contribution is 0.0477. The number of piperazine rings is 1. The van der Waals surface area contributed by atoms with Gasteiger partial charge >= 0.3 is 0 Å². The molecular weight excluding hydrogens is 260 g/mol. The number of nitrogens with one attached hydrogen (secondary N) is 1. The third kappa shape index (κ3) is 3.67. The van der Waals surface area contributed by atoms with E-state index >= 15 is 0 Å². The second kappa shape index (κ2) is 6.93. The molecule has 1 aromatic heterocycles. The van der Waals surface area contributed by atoms with E-state index in [4.69, 9.17) is 0 Å². The summed E-state index contributed by atoms with van der Waals surface area (Å²) in [7, 11) is 0. The van der Waals surface area contributed by atoms with E-state index in [2.05, 4.69) is 60.6 Å². The number of rotatable bonds is 6. The summed E-state index contributed by atoms with van der Waals surface area (Å²) in [5.41, 5.74) is 0.301. The van der Waals surface area contributed by atoms with Gasteiger partial charge in [-0.2, -0.15) is 0 Å². The van der Waals surface area contributed by atoms with E-state index in [1.54, 1.807) is 0 Å². The number of hydrogen-bond acceptors (Lipinski definition) is 3. The minimum absolute atomic E-state index is 0.301. The van der Waals surface area contributed by atoms with Crippen molar-refractivity contribution in [3.63, 3.8) is 0 Å². The lowest BCUT2D eigenvalue weighted by atomic mass is 9.86. The van der Waals surface area contributed by atoms with Crippen LogP contribution in [0.3, 0.4) is 0 Å². The molecule has 0 aromatic carbocycles. The molecule has 4 nitrogen and oxygen atoms in total. The molecular formula is C17H32N4. The van der Waals surface area contributed by atoms with Crippen LogP contribution in [0.5, 0.6) is 0 Å². The summed E-state index contributed by atoms with van der Waals surface area (Å²) in [6, 6.07) is 0.639. The third-order valence-corrected chi connectivity index (χ3v) is 5.34. The van der Waals surface area contributed by atoms with E-state index < -0.39 is 0 Å². The average Bonchev–Trinajstić information content (AvgIpc) is 2.89. The van der Waals surface area contributed by atoms with Crippen LogP contribution in [0.4, 0.5) is 0 Å². The molecule has 1 saturated heterocycles. The molecule has 0 radical (unpaired) electrons. The highest BCUT2D eigenvalue weighted by Gasteiger charge is 2.37. The Morgan fingerprint density at radius 1 is 1.33 bits per heavy atom. The Morgan fingerprint density at radius 3 is 2.57 bits per heavy atom. The molecule has 1 aromatic rings. The Hall–Kier alpha value is -0.870. The zero-order chi connectivity index (χ0) is 15.5. The van der Waals surface area contributed by atoms with Crippen molar-refractivity contribution < 1.29 is 0 Å². The van der Waals surface area contributed by atoms with Gasteiger partial charge in [0.1, 0.15) is 5.82 Å². The molecule has 0 bridgehead atoms. The first kappa shape index (κ1) is 16.5. The van der Waals surface area contributed by atoms with Crippen molar-refractivity contribution in [2.45, 2.75) is 65.6 Å². The SMILES string of the molecule is CCC1(CC)CN(CCn2ccnc2C)C(C(C)C)CN1. The largest absolute Gasteiger partial charge is 0.334 e. The van der Waals surface area contributed by atoms with Gasteiger partial charge in [-0.25, -0.2) is 4.98 Å². The minimum Gasteiger partial charge on any atom is -0.334 e. The van der Waals surface area contributed by atoms with Gasteiger partial charge in [-0.1, -0.05) is 27.7 Å². The molecule has 0 aliphatic carbocycles. The van der Waals surface area contributed by atoms with Crippen molar-refractivity contribution in [2.24, 2.45) is 5.92 Å². The summed E-state index contributed by atoms with van der Waals surface area (Å²) in [4.78, 5) is 7.03. The van der Waals surface area contributed by atoms with Crippen LogP contribution >= 0.6 is 0 Å². The van der Waals surface area contributed by atoms with Crippen LogP contribution in [0.2, 0.25) is 0 Å². The highest BCUT2D eigenvalue weighted by atomic mass is 15.3. The monoisotopic (exact) mass is 292 g/mol. The van der Waals surface area contributed by atoms with Crippen LogP contribution in [-0.2, 0) is 6.54 Å². The highest BCUT2D eigenvalue weighted by Crippen LogP contribution is 2.25. The Bertz CT molecular complexity index is 434. The van der Waals surface area contributed by atoms with Gasteiger partial charge in [-0.3, -0.25) is 4.90 Å². The Labute approximate surface area is 129 Å². The Kier molecular flexibility index (Phi) is 5.44. The van der Waals surface area contributed by atoms with Gasteiger partial charge in [-0.05, 0) is 25.7 Å². The van der Waals surface area contributed by atoms with E-state index in [0.717, 1.165) is 32.0 Å².